The summed E-state index contributed by atoms with van der Waals surface area (Å²) in [6.07, 6.45) is 1.42. The van der Waals surface area contributed by atoms with E-state index >= 15 is 0 Å². The van der Waals surface area contributed by atoms with Gasteiger partial charge in [0, 0.05) is 37.0 Å². The fourth-order valence-electron chi connectivity index (χ4n) is 3.05. The molecule has 0 bridgehead atoms. The molecule has 1 aromatic heterocycles. The van der Waals surface area contributed by atoms with Crippen molar-refractivity contribution >= 4 is 26.8 Å². The van der Waals surface area contributed by atoms with E-state index in [0.29, 0.717) is 10.9 Å². The summed E-state index contributed by atoms with van der Waals surface area (Å²) in [6.45, 7) is 5.32. The SMILES string of the molecule is CC(=O)NC[C@H](C)c1cn(S(=O)(=O)c2ccc(C)cc2)c2cc(F)c(O)cc12. The van der Waals surface area contributed by atoms with Crippen LogP contribution in [0.1, 0.15) is 30.9 Å². The van der Waals surface area contributed by atoms with Crippen LogP contribution in [0.3, 0.4) is 0 Å². The Morgan fingerprint density at radius 3 is 2.50 bits per heavy atom. The molecule has 0 saturated carbocycles. The van der Waals surface area contributed by atoms with Crippen molar-refractivity contribution in [2.75, 3.05) is 6.54 Å². The number of aromatic hydroxyl groups is 1. The van der Waals surface area contributed by atoms with Crippen LogP contribution in [0, 0.1) is 12.7 Å². The molecule has 6 nitrogen and oxygen atoms in total. The van der Waals surface area contributed by atoms with Gasteiger partial charge in [-0.05, 0) is 30.7 Å². The lowest BCUT2D eigenvalue weighted by Gasteiger charge is -2.11. The smallest absolute Gasteiger partial charge is 0.268 e. The molecule has 1 atom stereocenters. The standard InChI is InChI=1S/C20H21FN2O4S/c1-12-4-6-15(7-5-12)28(26,27)23-11-17(13(2)10-22-14(3)24)16-8-20(25)18(21)9-19(16)23/h4-9,11,13,25H,10H2,1-3H3,(H,22,24)/t13-/m0/s1. The molecule has 28 heavy (non-hydrogen) atoms. The number of phenolic OH excluding ortho intramolecular Hbond substituents is 1. The number of benzene rings is 2. The van der Waals surface area contributed by atoms with Crippen molar-refractivity contribution in [3.63, 3.8) is 0 Å². The first-order valence-electron chi connectivity index (χ1n) is 8.71. The molecule has 3 aromatic rings. The van der Waals surface area contributed by atoms with E-state index in [9.17, 15) is 22.7 Å². The van der Waals surface area contributed by atoms with Crippen LogP contribution in [0.2, 0.25) is 0 Å². The van der Waals surface area contributed by atoms with Crippen LogP contribution in [-0.2, 0) is 14.8 Å². The van der Waals surface area contributed by atoms with E-state index in [1.807, 2.05) is 13.8 Å². The van der Waals surface area contributed by atoms with Crippen LogP contribution in [0.5, 0.6) is 5.75 Å². The zero-order valence-corrected chi connectivity index (χ0v) is 16.5. The number of carbonyl (C=O) groups excluding carboxylic acids is 1. The Labute approximate surface area is 162 Å². The Bertz CT molecular complexity index is 1150. The summed E-state index contributed by atoms with van der Waals surface area (Å²) in [5, 5.41) is 12.9. The maximum absolute atomic E-state index is 14.0. The summed E-state index contributed by atoms with van der Waals surface area (Å²) in [5.74, 6) is -1.94. The first-order chi connectivity index (χ1) is 13.1. The number of hydrogen-bond acceptors (Lipinski definition) is 4. The molecule has 8 heteroatoms. The van der Waals surface area contributed by atoms with Crippen LogP contribution in [0.4, 0.5) is 4.39 Å². The van der Waals surface area contributed by atoms with Crippen molar-refractivity contribution in [2.24, 2.45) is 0 Å². The maximum atomic E-state index is 14.0. The summed E-state index contributed by atoms with van der Waals surface area (Å²) in [5.41, 5.74) is 1.62. The highest BCUT2D eigenvalue weighted by Crippen LogP contribution is 2.34. The van der Waals surface area contributed by atoms with Crippen LogP contribution < -0.4 is 5.32 Å². The molecule has 148 valence electrons. The van der Waals surface area contributed by atoms with Gasteiger partial charge in [-0.25, -0.2) is 16.8 Å². The average Bonchev–Trinajstić information content (AvgIpc) is 2.99. The van der Waals surface area contributed by atoms with Gasteiger partial charge in [-0.2, -0.15) is 0 Å². The lowest BCUT2D eigenvalue weighted by atomic mass is 10.0. The monoisotopic (exact) mass is 404 g/mol. The quantitative estimate of drug-likeness (QED) is 0.683. The Hall–Kier alpha value is -2.87. The zero-order chi connectivity index (χ0) is 20.6. The van der Waals surface area contributed by atoms with Crippen molar-refractivity contribution < 1.29 is 22.7 Å². The van der Waals surface area contributed by atoms with Gasteiger partial charge in [0.1, 0.15) is 0 Å². The Morgan fingerprint density at radius 1 is 1.25 bits per heavy atom. The first kappa shape index (κ1) is 19.9. The van der Waals surface area contributed by atoms with Crippen LogP contribution >= 0.6 is 0 Å². The minimum absolute atomic E-state index is 0.0737. The Kier molecular flexibility index (Phi) is 5.16. The summed E-state index contributed by atoms with van der Waals surface area (Å²) in [6, 6.07) is 8.58. The molecular weight excluding hydrogens is 383 g/mol. The van der Waals surface area contributed by atoms with Gasteiger partial charge in [-0.1, -0.05) is 24.6 Å². The van der Waals surface area contributed by atoms with Crippen molar-refractivity contribution in [1.29, 1.82) is 0 Å². The zero-order valence-electron chi connectivity index (χ0n) is 15.7. The van der Waals surface area contributed by atoms with Crippen molar-refractivity contribution in [1.82, 2.24) is 9.29 Å². The molecular formula is C20H21FN2O4S. The van der Waals surface area contributed by atoms with Gasteiger partial charge < -0.3 is 10.4 Å². The van der Waals surface area contributed by atoms with Gasteiger partial charge in [0.05, 0.1) is 10.4 Å². The third-order valence-electron chi connectivity index (χ3n) is 4.64. The molecule has 0 aliphatic rings. The molecule has 1 heterocycles. The lowest BCUT2D eigenvalue weighted by Crippen LogP contribution is -2.24. The van der Waals surface area contributed by atoms with Crippen molar-refractivity contribution in [3.05, 3.63) is 59.5 Å². The number of hydrogen-bond donors (Lipinski definition) is 2. The predicted molar refractivity (Wildman–Crippen MR) is 104 cm³/mol. The van der Waals surface area contributed by atoms with Gasteiger partial charge in [0.2, 0.25) is 5.91 Å². The molecule has 0 radical (unpaired) electrons. The second-order valence-electron chi connectivity index (χ2n) is 6.86. The van der Waals surface area contributed by atoms with Crippen LogP contribution in [0.25, 0.3) is 10.9 Å². The molecule has 0 spiro atoms. The van der Waals surface area contributed by atoms with E-state index < -0.39 is 21.6 Å². The third kappa shape index (κ3) is 3.60. The third-order valence-corrected chi connectivity index (χ3v) is 6.32. The van der Waals surface area contributed by atoms with Crippen molar-refractivity contribution in [3.8, 4) is 5.75 Å². The molecule has 2 aromatic carbocycles. The molecule has 0 unspecified atom stereocenters. The Balaban J connectivity index is 2.21. The fraction of sp³-hybridized carbons (Fsp3) is 0.250. The number of rotatable bonds is 5. The van der Waals surface area contributed by atoms with Gasteiger partial charge in [-0.3, -0.25) is 4.79 Å². The van der Waals surface area contributed by atoms with Crippen molar-refractivity contribution in [2.45, 2.75) is 31.6 Å². The average molecular weight is 404 g/mol. The van der Waals surface area contributed by atoms with Gasteiger partial charge >= 0.3 is 0 Å². The van der Waals surface area contributed by atoms with Gasteiger partial charge in [0.25, 0.3) is 10.0 Å². The summed E-state index contributed by atoms with van der Waals surface area (Å²) in [7, 11) is -3.97. The molecule has 0 fully saturated rings. The number of nitrogens with zero attached hydrogens (tertiary/aromatic N) is 1. The normalized spacial score (nSPS) is 12.9. The second-order valence-corrected chi connectivity index (χ2v) is 8.67. The van der Waals surface area contributed by atoms with Gasteiger partial charge in [-0.15, -0.1) is 0 Å². The van der Waals surface area contributed by atoms with E-state index in [4.69, 9.17) is 0 Å². The number of fused-ring (bicyclic) bond motifs is 1. The largest absolute Gasteiger partial charge is 0.505 e. The van der Waals surface area contributed by atoms with E-state index in [-0.39, 0.29) is 28.8 Å². The fourth-order valence-corrected chi connectivity index (χ4v) is 4.42. The number of amides is 1. The number of aromatic nitrogens is 1. The van der Waals surface area contributed by atoms with Crippen LogP contribution in [-0.4, -0.2) is 29.9 Å². The van der Waals surface area contributed by atoms with E-state index in [2.05, 4.69) is 5.32 Å². The highest BCUT2D eigenvalue weighted by Gasteiger charge is 2.24. The van der Waals surface area contributed by atoms with Gasteiger partial charge in [0.15, 0.2) is 11.6 Å². The highest BCUT2D eigenvalue weighted by atomic mass is 32.2. The van der Waals surface area contributed by atoms with E-state index in [0.717, 1.165) is 15.6 Å². The molecule has 0 aliphatic heterocycles. The Morgan fingerprint density at radius 2 is 1.89 bits per heavy atom. The van der Waals surface area contributed by atoms with Crippen LogP contribution in [0.15, 0.2) is 47.5 Å². The minimum atomic E-state index is -3.97. The lowest BCUT2D eigenvalue weighted by molar-refractivity contribution is -0.119. The number of carbonyl (C=O) groups is 1. The van der Waals surface area contributed by atoms with E-state index in [1.165, 1.54) is 31.3 Å². The molecule has 0 saturated heterocycles. The molecule has 0 aliphatic carbocycles. The number of nitrogens with one attached hydrogen (secondary N) is 1. The summed E-state index contributed by atoms with van der Waals surface area (Å²) in [4.78, 5) is 11.3. The number of aryl methyl sites for hydroxylation is 1. The van der Waals surface area contributed by atoms with E-state index in [1.54, 1.807) is 12.1 Å². The molecule has 3 rings (SSSR count). The number of phenols is 1. The highest BCUT2D eigenvalue weighted by molar-refractivity contribution is 7.90. The topological polar surface area (TPSA) is 88.4 Å². The second kappa shape index (κ2) is 7.27. The number of halogens is 1. The minimum Gasteiger partial charge on any atom is -0.505 e. The molecule has 2 N–H and O–H groups in total. The summed E-state index contributed by atoms with van der Waals surface area (Å²) >= 11 is 0. The summed E-state index contributed by atoms with van der Waals surface area (Å²) < 4.78 is 41.4. The molecule has 1 amide bonds. The first-order valence-corrected chi connectivity index (χ1v) is 10.2. The maximum Gasteiger partial charge on any atom is 0.268 e. The predicted octanol–water partition coefficient (Wildman–Crippen LogP) is 3.27.